The Bertz CT molecular complexity index is 564. The van der Waals surface area contributed by atoms with E-state index in [4.69, 9.17) is 5.11 Å². The lowest BCUT2D eigenvalue weighted by atomic mass is 10.1. The predicted molar refractivity (Wildman–Crippen MR) is 69.1 cm³/mol. The van der Waals surface area contributed by atoms with E-state index in [-0.39, 0.29) is 5.56 Å². The van der Waals surface area contributed by atoms with Crippen molar-refractivity contribution in [2.24, 2.45) is 0 Å². The molecule has 86 valence electrons. The van der Waals surface area contributed by atoms with E-state index in [1.807, 2.05) is 31.2 Å². The molecule has 3 nitrogen and oxygen atoms in total. The molecule has 0 radical (unpaired) electrons. The number of aromatic carboxylic acids is 1. The van der Waals surface area contributed by atoms with E-state index in [0.717, 1.165) is 11.3 Å². The maximum absolute atomic E-state index is 10.8. The number of carboxylic acid groups (broad SMARTS) is 1. The van der Waals surface area contributed by atoms with E-state index in [0.29, 0.717) is 4.47 Å². The number of carboxylic acids is 1. The summed E-state index contributed by atoms with van der Waals surface area (Å²) in [6, 6.07) is 9.47. The first-order valence-corrected chi connectivity index (χ1v) is 5.83. The first kappa shape index (κ1) is 11.8. The molecule has 0 amide bonds. The highest BCUT2D eigenvalue weighted by Gasteiger charge is 2.09. The molecule has 2 rings (SSSR count). The molecule has 1 aromatic carbocycles. The van der Waals surface area contributed by atoms with E-state index in [2.05, 4.69) is 20.9 Å². The lowest BCUT2D eigenvalue weighted by Gasteiger charge is -2.05. The highest BCUT2D eigenvalue weighted by Crippen LogP contribution is 2.26. The SMILES string of the molecule is Cc1ccc(-c2ncc(C(=O)O)cc2Br)cc1. The molecular formula is C13H10BrNO2. The number of rotatable bonds is 2. The number of hydrogen-bond acceptors (Lipinski definition) is 2. The summed E-state index contributed by atoms with van der Waals surface area (Å²) in [5.74, 6) is -0.978. The van der Waals surface area contributed by atoms with Crippen molar-refractivity contribution in [1.29, 1.82) is 0 Å². The van der Waals surface area contributed by atoms with E-state index >= 15 is 0 Å². The molecule has 0 bridgehead atoms. The number of benzene rings is 1. The van der Waals surface area contributed by atoms with Crippen LogP contribution in [0.4, 0.5) is 0 Å². The zero-order valence-electron chi connectivity index (χ0n) is 9.14. The summed E-state index contributed by atoms with van der Waals surface area (Å²) in [5, 5.41) is 8.85. The number of carbonyl (C=O) groups is 1. The summed E-state index contributed by atoms with van der Waals surface area (Å²) in [5.41, 5.74) is 3.05. The van der Waals surface area contributed by atoms with Gasteiger partial charge in [-0.3, -0.25) is 4.98 Å². The van der Waals surface area contributed by atoms with Gasteiger partial charge >= 0.3 is 5.97 Å². The topological polar surface area (TPSA) is 50.2 Å². The zero-order chi connectivity index (χ0) is 12.4. The van der Waals surface area contributed by atoms with Crippen molar-refractivity contribution >= 4 is 21.9 Å². The Morgan fingerprint density at radius 3 is 2.47 bits per heavy atom. The summed E-state index contributed by atoms with van der Waals surface area (Å²) in [7, 11) is 0. The quantitative estimate of drug-likeness (QED) is 0.921. The molecule has 17 heavy (non-hydrogen) atoms. The standard InChI is InChI=1S/C13H10BrNO2/c1-8-2-4-9(5-3-8)12-11(14)6-10(7-15-12)13(16)17/h2-7H,1H3,(H,16,17). The van der Waals surface area contributed by atoms with Crippen molar-refractivity contribution in [3.63, 3.8) is 0 Å². The smallest absolute Gasteiger partial charge is 0.337 e. The van der Waals surface area contributed by atoms with Crippen LogP contribution in [0.5, 0.6) is 0 Å². The minimum absolute atomic E-state index is 0.174. The summed E-state index contributed by atoms with van der Waals surface area (Å²) < 4.78 is 0.682. The lowest BCUT2D eigenvalue weighted by Crippen LogP contribution is -1.98. The fourth-order valence-corrected chi connectivity index (χ4v) is 2.06. The molecule has 0 atom stereocenters. The highest BCUT2D eigenvalue weighted by atomic mass is 79.9. The van der Waals surface area contributed by atoms with Crippen LogP contribution in [-0.4, -0.2) is 16.1 Å². The summed E-state index contributed by atoms with van der Waals surface area (Å²) >= 11 is 3.34. The molecule has 0 spiro atoms. The molecule has 0 saturated carbocycles. The van der Waals surface area contributed by atoms with Gasteiger partial charge in [0.25, 0.3) is 0 Å². The van der Waals surface area contributed by atoms with Crippen LogP contribution in [0.1, 0.15) is 15.9 Å². The number of aryl methyl sites for hydroxylation is 1. The van der Waals surface area contributed by atoms with Crippen molar-refractivity contribution in [3.05, 3.63) is 52.1 Å². The minimum Gasteiger partial charge on any atom is -0.478 e. The van der Waals surface area contributed by atoms with Gasteiger partial charge in [-0.15, -0.1) is 0 Å². The molecule has 0 aliphatic carbocycles. The maximum atomic E-state index is 10.8. The van der Waals surface area contributed by atoms with E-state index < -0.39 is 5.97 Å². The Morgan fingerprint density at radius 1 is 1.29 bits per heavy atom. The van der Waals surface area contributed by atoms with Gasteiger partial charge in [0, 0.05) is 16.2 Å². The monoisotopic (exact) mass is 291 g/mol. The van der Waals surface area contributed by atoms with Gasteiger partial charge in [-0.25, -0.2) is 4.79 Å². The summed E-state index contributed by atoms with van der Waals surface area (Å²) in [4.78, 5) is 15.0. The molecule has 4 heteroatoms. The average molecular weight is 292 g/mol. The van der Waals surface area contributed by atoms with Crippen molar-refractivity contribution in [3.8, 4) is 11.3 Å². The van der Waals surface area contributed by atoms with Crippen molar-refractivity contribution in [1.82, 2.24) is 4.98 Å². The Balaban J connectivity index is 2.46. The second-order valence-corrected chi connectivity index (χ2v) is 4.58. The Morgan fingerprint density at radius 2 is 1.94 bits per heavy atom. The van der Waals surface area contributed by atoms with Crippen LogP contribution in [-0.2, 0) is 0 Å². The van der Waals surface area contributed by atoms with Crippen LogP contribution in [0.25, 0.3) is 11.3 Å². The van der Waals surface area contributed by atoms with Gasteiger partial charge in [0.15, 0.2) is 0 Å². The Labute approximate surface area is 107 Å². The fourth-order valence-electron chi connectivity index (χ4n) is 1.48. The number of aromatic nitrogens is 1. The summed E-state index contributed by atoms with van der Waals surface area (Å²) in [6.45, 7) is 2.01. The molecule has 1 aromatic heterocycles. The third-order valence-electron chi connectivity index (χ3n) is 2.41. The van der Waals surface area contributed by atoms with E-state index in [1.54, 1.807) is 6.07 Å². The van der Waals surface area contributed by atoms with Crippen LogP contribution >= 0.6 is 15.9 Å². The third-order valence-corrected chi connectivity index (χ3v) is 3.02. The van der Waals surface area contributed by atoms with Crippen molar-refractivity contribution < 1.29 is 9.90 Å². The van der Waals surface area contributed by atoms with Gasteiger partial charge in [-0.1, -0.05) is 29.8 Å². The fraction of sp³-hybridized carbons (Fsp3) is 0.0769. The van der Waals surface area contributed by atoms with Crippen LogP contribution in [0.3, 0.4) is 0 Å². The van der Waals surface area contributed by atoms with Gasteiger partial charge in [-0.05, 0) is 28.9 Å². The maximum Gasteiger partial charge on any atom is 0.337 e. The molecule has 0 aliphatic rings. The van der Waals surface area contributed by atoms with Gasteiger partial charge in [0.05, 0.1) is 11.3 Å². The molecule has 1 N–H and O–H groups in total. The van der Waals surface area contributed by atoms with Gasteiger partial charge in [0.2, 0.25) is 0 Å². The Hall–Kier alpha value is -1.68. The summed E-state index contributed by atoms with van der Waals surface area (Å²) in [6.07, 6.45) is 1.36. The molecule has 0 aliphatic heterocycles. The molecule has 0 saturated heterocycles. The van der Waals surface area contributed by atoms with Crippen LogP contribution in [0.2, 0.25) is 0 Å². The first-order valence-electron chi connectivity index (χ1n) is 5.04. The lowest BCUT2D eigenvalue weighted by molar-refractivity contribution is 0.0696. The van der Waals surface area contributed by atoms with Crippen molar-refractivity contribution in [2.75, 3.05) is 0 Å². The predicted octanol–water partition coefficient (Wildman–Crippen LogP) is 3.52. The second-order valence-electron chi connectivity index (χ2n) is 3.73. The largest absolute Gasteiger partial charge is 0.478 e. The Kier molecular flexibility index (Phi) is 3.24. The number of nitrogens with zero attached hydrogens (tertiary/aromatic N) is 1. The van der Waals surface area contributed by atoms with Crippen molar-refractivity contribution in [2.45, 2.75) is 6.92 Å². The molecule has 1 heterocycles. The van der Waals surface area contributed by atoms with Gasteiger partial charge in [0.1, 0.15) is 0 Å². The number of halogens is 1. The minimum atomic E-state index is -0.978. The molecular weight excluding hydrogens is 282 g/mol. The normalized spacial score (nSPS) is 10.2. The average Bonchev–Trinajstić information content (AvgIpc) is 2.30. The van der Waals surface area contributed by atoms with Gasteiger partial charge in [-0.2, -0.15) is 0 Å². The van der Waals surface area contributed by atoms with Crippen LogP contribution in [0.15, 0.2) is 41.0 Å². The number of pyridine rings is 1. The molecule has 0 fully saturated rings. The second kappa shape index (κ2) is 4.67. The molecule has 0 unspecified atom stereocenters. The van der Waals surface area contributed by atoms with Crippen LogP contribution < -0.4 is 0 Å². The van der Waals surface area contributed by atoms with Crippen LogP contribution in [0, 0.1) is 6.92 Å². The third kappa shape index (κ3) is 2.53. The number of hydrogen-bond donors (Lipinski definition) is 1. The molecule has 2 aromatic rings. The van der Waals surface area contributed by atoms with Gasteiger partial charge < -0.3 is 5.11 Å². The first-order chi connectivity index (χ1) is 8.08. The highest BCUT2D eigenvalue weighted by molar-refractivity contribution is 9.10. The zero-order valence-corrected chi connectivity index (χ0v) is 10.7. The van der Waals surface area contributed by atoms with E-state index in [9.17, 15) is 4.79 Å². The van der Waals surface area contributed by atoms with E-state index in [1.165, 1.54) is 11.8 Å².